The average molecular weight is 491 g/mol. The van der Waals surface area contributed by atoms with E-state index in [4.69, 9.17) is 9.90 Å². The van der Waals surface area contributed by atoms with Crippen molar-refractivity contribution in [3.63, 3.8) is 0 Å². The molecule has 2 aliphatic rings. The number of aliphatic carboxylic acids is 2. The van der Waals surface area contributed by atoms with Crippen molar-refractivity contribution in [2.45, 2.75) is 58.1 Å². The number of hydrogen-bond acceptors (Lipinski definition) is 8. The molecule has 2 unspecified atom stereocenters. The molecule has 0 aromatic carbocycles. The summed E-state index contributed by atoms with van der Waals surface area (Å²) in [5, 5.41) is 32.2. The van der Waals surface area contributed by atoms with Gasteiger partial charge in [0.15, 0.2) is 5.17 Å². The molecule has 180 valence electrons. The smallest absolute Gasteiger partial charge is 0.352 e. The molecule has 13 heteroatoms. The van der Waals surface area contributed by atoms with Crippen LogP contribution in [0.15, 0.2) is 16.3 Å². The third kappa shape index (κ3) is 8.02. The van der Waals surface area contributed by atoms with Crippen LogP contribution in [-0.4, -0.2) is 90.8 Å². The normalized spacial score (nSPS) is 20.3. The zero-order valence-electron chi connectivity index (χ0n) is 18.6. The van der Waals surface area contributed by atoms with E-state index in [9.17, 15) is 24.6 Å². The molecule has 0 aromatic rings. The van der Waals surface area contributed by atoms with Crippen LogP contribution in [-0.2, 0) is 19.2 Å². The molecule has 0 radical (unpaired) electrons. The number of aliphatic hydroxyl groups is 1. The van der Waals surface area contributed by atoms with E-state index < -0.39 is 35.9 Å². The minimum atomic E-state index is -1.25. The highest BCUT2D eigenvalue weighted by molar-refractivity contribution is 8.14. The summed E-state index contributed by atoms with van der Waals surface area (Å²) < 4.78 is 0. The van der Waals surface area contributed by atoms with Crippen LogP contribution in [0.5, 0.6) is 0 Å². The van der Waals surface area contributed by atoms with Gasteiger partial charge in [-0.25, -0.2) is 4.79 Å². The number of carbonyl (C=O) groups is 4. The van der Waals surface area contributed by atoms with Crippen LogP contribution in [0.2, 0.25) is 0 Å². The number of thioether (sulfide) groups is 2. The molecule has 32 heavy (non-hydrogen) atoms. The summed E-state index contributed by atoms with van der Waals surface area (Å²) in [7, 11) is 0. The molecule has 5 N–H and O–H groups in total. The Hall–Kier alpha value is -2.25. The van der Waals surface area contributed by atoms with Crippen LogP contribution >= 0.6 is 23.5 Å². The lowest BCUT2D eigenvalue weighted by molar-refractivity contribution is -0.150. The van der Waals surface area contributed by atoms with Crippen LogP contribution in [0.4, 0.5) is 0 Å². The number of rotatable bonds is 7. The maximum absolute atomic E-state index is 12.4. The molecule has 1 fully saturated rings. The maximum atomic E-state index is 12.4. The Bertz CT molecular complexity index is 795. The predicted octanol–water partition coefficient (Wildman–Crippen LogP) is 0.304. The SMILES string of the molecule is CC(=O)O.CC(C)N=C(NC(C)C)SCC(=O)NC1C(=O)N2C(C(=O)O)=C(CO)CSC12. The second kappa shape index (κ2) is 12.7. The first-order chi connectivity index (χ1) is 14.9. The number of amides is 2. The molecule has 0 aromatic heterocycles. The Labute approximate surface area is 195 Å². The first-order valence-corrected chi connectivity index (χ1v) is 11.9. The number of aliphatic hydroxyl groups excluding tert-OH is 1. The lowest BCUT2D eigenvalue weighted by atomic mass is 10.0. The molecular formula is C19H30N4O7S2. The Morgan fingerprint density at radius 1 is 1.25 bits per heavy atom. The number of hydrogen-bond donors (Lipinski definition) is 5. The van der Waals surface area contributed by atoms with Gasteiger partial charge in [0.25, 0.3) is 11.9 Å². The molecule has 2 amide bonds. The van der Waals surface area contributed by atoms with Crippen LogP contribution in [0.3, 0.4) is 0 Å². The summed E-state index contributed by atoms with van der Waals surface area (Å²) in [6.45, 7) is 8.51. The molecule has 11 nitrogen and oxygen atoms in total. The highest BCUT2D eigenvalue weighted by Crippen LogP contribution is 2.40. The highest BCUT2D eigenvalue weighted by Gasteiger charge is 2.54. The van der Waals surface area contributed by atoms with Crippen molar-refractivity contribution in [3.05, 3.63) is 11.3 Å². The molecule has 2 heterocycles. The molecule has 2 rings (SSSR count). The van der Waals surface area contributed by atoms with Crippen molar-refractivity contribution in [1.82, 2.24) is 15.5 Å². The first-order valence-electron chi connectivity index (χ1n) is 9.85. The van der Waals surface area contributed by atoms with Crippen LogP contribution in [0, 0.1) is 0 Å². The van der Waals surface area contributed by atoms with Gasteiger partial charge in [-0.05, 0) is 33.3 Å². The van der Waals surface area contributed by atoms with Gasteiger partial charge in [0.05, 0.1) is 12.4 Å². The second-order valence-corrected chi connectivity index (χ2v) is 9.57. The lowest BCUT2D eigenvalue weighted by Gasteiger charge is -2.49. The number of nitrogens with one attached hydrogen (secondary N) is 2. The highest BCUT2D eigenvalue weighted by atomic mass is 32.2. The van der Waals surface area contributed by atoms with Crippen molar-refractivity contribution in [2.75, 3.05) is 18.1 Å². The minimum absolute atomic E-state index is 0.0826. The van der Waals surface area contributed by atoms with E-state index >= 15 is 0 Å². The van der Waals surface area contributed by atoms with Crippen LogP contribution < -0.4 is 10.6 Å². The van der Waals surface area contributed by atoms with Gasteiger partial charge < -0.3 is 26.0 Å². The van der Waals surface area contributed by atoms with E-state index in [2.05, 4.69) is 15.6 Å². The number of amidine groups is 1. The second-order valence-electron chi connectivity index (χ2n) is 7.51. The van der Waals surface area contributed by atoms with Gasteiger partial charge in [-0.1, -0.05) is 11.8 Å². The van der Waals surface area contributed by atoms with Crippen molar-refractivity contribution < 1.29 is 34.5 Å². The summed E-state index contributed by atoms with van der Waals surface area (Å²) in [5.41, 5.74) is 0.125. The molecule has 0 spiro atoms. The Kier molecular flexibility index (Phi) is 11.0. The fourth-order valence-corrected chi connectivity index (χ4v) is 5.04. The number of carboxylic acid groups (broad SMARTS) is 2. The third-order valence-electron chi connectivity index (χ3n) is 3.88. The Morgan fingerprint density at radius 3 is 2.31 bits per heavy atom. The number of β-lactam (4-membered cyclic amide) rings is 1. The quantitative estimate of drug-likeness (QED) is 0.190. The minimum Gasteiger partial charge on any atom is -0.481 e. The van der Waals surface area contributed by atoms with Crippen molar-refractivity contribution in [2.24, 2.45) is 4.99 Å². The van der Waals surface area contributed by atoms with E-state index in [1.165, 1.54) is 23.5 Å². The van der Waals surface area contributed by atoms with Crippen molar-refractivity contribution in [1.29, 1.82) is 0 Å². The molecule has 0 saturated carbocycles. The molecular weight excluding hydrogens is 460 g/mol. The predicted molar refractivity (Wildman–Crippen MR) is 123 cm³/mol. The number of carboxylic acids is 2. The van der Waals surface area contributed by atoms with Crippen LogP contribution in [0.1, 0.15) is 34.6 Å². The lowest BCUT2D eigenvalue weighted by Crippen LogP contribution is -2.70. The first kappa shape index (κ1) is 27.8. The largest absolute Gasteiger partial charge is 0.481 e. The van der Waals surface area contributed by atoms with Gasteiger partial charge in [0, 0.05) is 24.8 Å². The standard InChI is InChI=1S/C17H26N4O5S2.C2H4O2/c1-8(2)18-17(19-9(3)4)28-7-11(23)20-12-14(24)21-13(16(25)26)10(5-22)6-27-15(12)21;1-2(3)4/h8-9,12,15,22H,5-7H2,1-4H3,(H,18,19)(H,20,23)(H,25,26);1H3,(H,3,4). The number of carbonyl (C=O) groups excluding carboxylic acids is 2. The topological polar surface area (TPSA) is 169 Å². The van der Waals surface area contributed by atoms with Gasteiger partial charge in [0.1, 0.15) is 17.1 Å². The summed E-state index contributed by atoms with van der Waals surface area (Å²) in [5.74, 6) is -2.49. The average Bonchev–Trinajstić information content (AvgIpc) is 2.67. The van der Waals surface area contributed by atoms with E-state index in [1.54, 1.807) is 0 Å². The van der Waals surface area contributed by atoms with Crippen molar-refractivity contribution in [3.8, 4) is 0 Å². The van der Waals surface area contributed by atoms with Gasteiger partial charge in [-0.3, -0.25) is 24.3 Å². The summed E-state index contributed by atoms with van der Waals surface area (Å²) in [4.78, 5) is 50.8. The van der Waals surface area contributed by atoms with Crippen molar-refractivity contribution >= 4 is 52.4 Å². The Morgan fingerprint density at radius 2 is 1.84 bits per heavy atom. The molecule has 2 aliphatic heterocycles. The molecule has 2 atom stereocenters. The molecule has 0 aliphatic carbocycles. The zero-order chi connectivity index (χ0) is 24.6. The number of nitrogens with zero attached hydrogens (tertiary/aromatic N) is 2. The fourth-order valence-electron chi connectivity index (χ4n) is 2.75. The number of fused-ring (bicyclic) bond motifs is 1. The maximum Gasteiger partial charge on any atom is 0.352 e. The zero-order valence-corrected chi connectivity index (χ0v) is 20.2. The van der Waals surface area contributed by atoms with Gasteiger partial charge >= 0.3 is 5.97 Å². The van der Waals surface area contributed by atoms with E-state index in [0.717, 1.165) is 11.8 Å². The molecule has 0 bridgehead atoms. The summed E-state index contributed by atoms with van der Waals surface area (Å²) in [6.07, 6.45) is 0. The Balaban J connectivity index is 0.00000118. The fraction of sp³-hybridized carbons (Fsp3) is 0.632. The summed E-state index contributed by atoms with van der Waals surface area (Å²) in [6, 6.07) is -0.509. The summed E-state index contributed by atoms with van der Waals surface area (Å²) >= 11 is 2.59. The van der Waals surface area contributed by atoms with Gasteiger partial charge in [-0.2, -0.15) is 0 Å². The van der Waals surface area contributed by atoms with E-state index in [1.807, 2.05) is 27.7 Å². The molecule has 1 saturated heterocycles. The van der Waals surface area contributed by atoms with Gasteiger partial charge in [-0.15, -0.1) is 11.8 Å². The van der Waals surface area contributed by atoms with E-state index in [-0.39, 0.29) is 29.4 Å². The number of aliphatic imine (C=N–C) groups is 1. The van der Waals surface area contributed by atoms with Crippen LogP contribution in [0.25, 0.3) is 0 Å². The van der Waals surface area contributed by atoms with E-state index in [0.29, 0.717) is 16.5 Å². The monoisotopic (exact) mass is 490 g/mol. The third-order valence-corrected chi connectivity index (χ3v) is 6.13. The van der Waals surface area contributed by atoms with Gasteiger partial charge in [0.2, 0.25) is 5.91 Å².